The van der Waals surface area contributed by atoms with Gasteiger partial charge in [-0.25, -0.2) is 0 Å². The number of nitrogens with one attached hydrogen (secondary N) is 2. The van der Waals surface area contributed by atoms with Gasteiger partial charge in [0.05, 0.1) is 0 Å². The van der Waals surface area contributed by atoms with E-state index in [1.54, 1.807) is 0 Å². The quantitative estimate of drug-likeness (QED) is 0.795. The van der Waals surface area contributed by atoms with Crippen molar-refractivity contribution in [1.29, 1.82) is 0 Å². The lowest BCUT2D eigenvalue weighted by Gasteiger charge is -2.09. The first-order chi connectivity index (χ1) is 8.90. The summed E-state index contributed by atoms with van der Waals surface area (Å²) < 4.78 is 0. The van der Waals surface area contributed by atoms with Crippen molar-refractivity contribution >= 4 is 11.8 Å². The topological polar surface area (TPSA) is 58.2 Å². The summed E-state index contributed by atoms with van der Waals surface area (Å²) in [5, 5.41) is 5.55. The molecule has 0 saturated carbocycles. The molecule has 19 heavy (non-hydrogen) atoms. The number of carbonyl (C=O) groups is 2. The highest BCUT2D eigenvalue weighted by Crippen LogP contribution is 2.08. The zero-order chi connectivity index (χ0) is 14.4. The van der Waals surface area contributed by atoms with Gasteiger partial charge in [0, 0.05) is 24.6 Å². The number of hydrogen-bond donors (Lipinski definition) is 2. The highest BCUT2D eigenvalue weighted by Gasteiger charge is 2.07. The third-order valence-electron chi connectivity index (χ3n) is 2.72. The van der Waals surface area contributed by atoms with E-state index < -0.39 is 0 Å². The lowest BCUT2D eigenvalue weighted by atomic mass is 10.1. The molecule has 0 aromatic heterocycles. The minimum atomic E-state index is -0.106. The van der Waals surface area contributed by atoms with Gasteiger partial charge in [-0.05, 0) is 26.0 Å². The van der Waals surface area contributed by atoms with Crippen molar-refractivity contribution in [3.63, 3.8) is 0 Å². The van der Waals surface area contributed by atoms with E-state index in [0.717, 1.165) is 11.1 Å². The Morgan fingerprint density at radius 1 is 1.00 bits per heavy atom. The van der Waals surface area contributed by atoms with Gasteiger partial charge in [-0.1, -0.05) is 31.0 Å². The fraction of sp³-hybridized carbons (Fsp3) is 0.467. The molecule has 0 fully saturated rings. The van der Waals surface area contributed by atoms with Crippen LogP contribution in [0.3, 0.4) is 0 Å². The average molecular weight is 262 g/mol. The van der Waals surface area contributed by atoms with Crippen LogP contribution < -0.4 is 10.6 Å². The first kappa shape index (κ1) is 15.2. The summed E-state index contributed by atoms with van der Waals surface area (Å²) in [6.07, 6.45) is 0. The normalized spacial score (nSPS) is 10.4. The van der Waals surface area contributed by atoms with Gasteiger partial charge >= 0.3 is 0 Å². The Balaban J connectivity index is 2.41. The molecule has 0 radical (unpaired) electrons. The summed E-state index contributed by atoms with van der Waals surface area (Å²) in [7, 11) is 0. The van der Waals surface area contributed by atoms with Gasteiger partial charge in [0.1, 0.15) is 0 Å². The van der Waals surface area contributed by atoms with Crippen LogP contribution in [0.5, 0.6) is 0 Å². The van der Waals surface area contributed by atoms with Crippen LogP contribution in [-0.2, 0) is 4.79 Å². The largest absolute Gasteiger partial charge is 0.354 e. The standard InChI is InChI=1S/C15H22N2O2/c1-10(2)14(18)16-5-6-17-15(19)13-8-11(3)7-12(4)9-13/h7-10H,5-6H2,1-4H3,(H,16,18)(H,17,19). The van der Waals surface area contributed by atoms with Gasteiger partial charge in [-0.3, -0.25) is 9.59 Å². The zero-order valence-corrected chi connectivity index (χ0v) is 12.0. The van der Waals surface area contributed by atoms with Crippen LogP contribution in [-0.4, -0.2) is 24.9 Å². The van der Waals surface area contributed by atoms with Gasteiger partial charge in [0.25, 0.3) is 5.91 Å². The molecule has 2 amide bonds. The molecule has 1 aromatic rings. The minimum Gasteiger partial charge on any atom is -0.354 e. The Labute approximate surface area is 114 Å². The second-order valence-electron chi connectivity index (χ2n) is 5.08. The van der Waals surface area contributed by atoms with Crippen molar-refractivity contribution < 1.29 is 9.59 Å². The van der Waals surface area contributed by atoms with Crippen LogP contribution in [0, 0.1) is 19.8 Å². The average Bonchev–Trinajstić information content (AvgIpc) is 2.32. The Kier molecular flexibility index (Phi) is 5.55. The van der Waals surface area contributed by atoms with Crippen molar-refractivity contribution in [3.8, 4) is 0 Å². The van der Waals surface area contributed by atoms with Crippen LogP contribution in [0.1, 0.15) is 35.3 Å². The van der Waals surface area contributed by atoms with Crippen molar-refractivity contribution in [3.05, 3.63) is 34.9 Å². The van der Waals surface area contributed by atoms with Gasteiger partial charge in [-0.15, -0.1) is 0 Å². The third-order valence-corrected chi connectivity index (χ3v) is 2.72. The molecular formula is C15H22N2O2. The molecule has 0 unspecified atom stereocenters. The van der Waals surface area contributed by atoms with Gasteiger partial charge in [0.15, 0.2) is 0 Å². The number of aryl methyl sites for hydroxylation is 2. The van der Waals surface area contributed by atoms with E-state index in [2.05, 4.69) is 10.6 Å². The monoisotopic (exact) mass is 262 g/mol. The molecule has 1 aromatic carbocycles. The van der Waals surface area contributed by atoms with E-state index in [-0.39, 0.29) is 17.7 Å². The molecule has 1 rings (SSSR count). The third kappa shape index (κ3) is 5.12. The first-order valence-electron chi connectivity index (χ1n) is 6.54. The Hall–Kier alpha value is -1.84. The lowest BCUT2D eigenvalue weighted by molar-refractivity contribution is -0.123. The van der Waals surface area contributed by atoms with Gasteiger partial charge < -0.3 is 10.6 Å². The fourth-order valence-corrected chi connectivity index (χ4v) is 1.77. The van der Waals surface area contributed by atoms with E-state index in [9.17, 15) is 9.59 Å². The number of carbonyl (C=O) groups excluding carboxylic acids is 2. The molecule has 0 saturated heterocycles. The SMILES string of the molecule is Cc1cc(C)cc(C(=O)NCCNC(=O)C(C)C)c1. The summed E-state index contributed by atoms with van der Waals surface area (Å²) in [5.41, 5.74) is 2.80. The summed E-state index contributed by atoms with van der Waals surface area (Å²) in [6, 6.07) is 5.74. The van der Waals surface area contributed by atoms with E-state index in [4.69, 9.17) is 0 Å². The van der Waals surface area contributed by atoms with E-state index in [0.29, 0.717) is 18.7 Å². The predicted molar refractivity (Wildman–Crippen MR) is 76.1 cm³/mol. The molecular weight excluding hydrogens is 240 g/mol. The number of benzene rings is 1. The van der Waals surface area contributed by atoms with E-state index >= 15 is 0 Å². The molecule has 4 nitrogen and oxygen atoms in total. The number of amides is 2. The molecule has 0 aliphatic carbocycles. The summed E-state index contributed by atoms with van der Waals surface area (Å²) in [4.78, 5) is 23.2. The highest BCUT2D eigenvalue weighted by molar-refractivity contribution is 5.94. The number of rotatable bonds is 5. The fourth-order valence-electron chi connectivity index (χ4n) is 1.77. The van der Waals surface area contributed by atoms with Crippen LogP contribution in [0.4, 0.5) is 0 Å². The Bertz CT molecular complexity index is 447. The molecule has 0 aliphatic rings. The maximum Gasteiger partial charge on any atom is 0.251 e. The molecule has 4 heteroatoms. The minimum absolute atomic E-state index is 0.000601. The summed E-state index contributed by atoms with van der Waals surface area (Å²) >= 11 is 0. The van der Waals surface area contributed by atoms with Crippen molar-refractivity contribution in [2.45, 2.75) is 27.7 Å². The number of hydrogen-bond acceptors (Lipinski definition) is 2. The molecule has 0 spiro atoms. The second kappa shape index (κ2) is 6.92. The van der Waals surface area contributed by atoms with E-state index in [1.165, 1.54) is 0 Å². The predicted octanol–water partition coefficient (Wildman–Crippen LogP) is 1.81. The maximum atomic E-state index is 11.9. The van der Waals surface area contributed by atoms with Crippen molar-refractivity contribution in [1.82, 2.24) is 10.6 Å². The van der Waals surface area contributed by atoms with Crippen LogP contribution in [0.25, 0.3) is 0 Å². The second-order valence-corrected chi connectivity index (χ2v) is 5.08. The highest BCUT2D eigenvalue weighted by atomic mass is 16.2. The van der Waals surface area contributed by atoms with Crippen molar-refractivity contribution in [2.24, 2.45) is 5.92 Å². The lowest BCUT2D eigenvalue weighted by Crippen LogP contribution is -2.36. The molecule has 2 N–H and O–H groups in total. The molecule has 104 valence electrons. The van der Waals surface area contributed by atoms with Crippen molar-refractivity contribution in [2.75, 3.05) is 13.1 Å². The maximum absolute atomic E-state index is 11.9. The molecule has 0 atom stereocenters. The van der Waals surface area contributed by atoms with Gasteiger partial charge in [-0.2, -0.15) is 0 Å². The Morgan fingerprint density at radius 2 is 1.53 bits per heavy atom. The van der Waals surface area contributed by atoms with Crippen LogP contribution in [0.15, 0.2) is 18.2 Å². The van der Waals surface area contributed by atoms with Gasteiger partial charge in [0.2, 0.25) is 5.91 Å². The van der Waals surface area contributed by atoms with Crippen LogP contribution in [0.2, 0.25) is 0 Å². The molecule has 0 bridgehead atoms. The smallest absolute Gasteiger partial charge is 0.251 e. The Morgan fingerprint density at radius 3 is 2.05 bits per heavy atom. The molecule has 0 aliphatic heterocycles. The summed E-state index contributed by atoms with van der Waals surface area (Å²) in [6.45, 7) is 8.49. The zero-order valence-electron chi connectivity index (χ0n) is 12.0. The van der Waals surface area contributed by atoms with E-state index in [1.807, 2.05) is 45.9 Å². The summed E-state index contributed by atoms with van der Waals surface area (Å²) in [5.74, 6) is -0.138. The molecule has 0 heterocycles. The first-order valence-corrected chi connectivity index (χ1v) is 6.54. The van der Waals surface area contributed by atoms with Crippen LogP contribution >= 0.6 is 0 Å².